The molecule has 2 amide bonds. The average Bonchev–Trinajstić information content (AvgIpc) is 3.04. The van der Waals surface area contributed by atoms with Gasteiger partial charge in [0, 0.05) is 0 Å². The molecule has 64 heavy (non-hydrogen) atoms. The Hall–Kier alpha value is -4.12. The first-order chi connectivity index (χ1) is 27.0. The van der Waals surface area contributed by atoms with Gasteiger partial charge in [0.1, 0.15) is 0 Å². The van der Waals surface area contributed by atoms with E-state index in [2.05, 4.69) is 0 Å². The molecule has 0 bridgehead atoms. The molecule has 44 heteroatoms. The highest BCUT2D eigenvalue weighted by Gasteiger charge is 2.99. The lowest BCUT2D eigenvalue weighted by Gasteiger charge is -2.43. The van der Waals surface area contributed by atoms with Gasteiger partial charge in [-0.2, -0.15) is 167 Å². The highest BCUT2D eigenvalue weighted by molar-refractivity contribution is 5.73. The van der Waals surface area contributed by atoms with Crippen molar-refractivity contribution in [2.24, 2.45) is 10.2 Å². The zero-order valence-corrected chi connectivity index (χ0v) is 26.9. The summed E-state index contributed by atoms with van der Waals surface area (Å²) in [6.07, 6.45) is -42.4. The number of halogens is 38. The van der Waals surface area contributed by atoms with E-state index in [0.29, 0.717) is 10.2 Å². The molecule has 0 unspecified atom stereocenters. The van der Waals surface area contributed by atoms with Crippen molar-refractivity contribution >= 4 is 12.2 Å². The lowest BCUT2D eigenvalue weighted by molar-refractivity contribution is -0.478. The van der Waals surface area contributed by atoms with Gasteiger partial charge in [-0.25, -0.2) is 9.59 Å². The van der Waals surface area contributed by atoms with E-state index in [9.17, 15) is 176 Å². The molecule has 0 aromatic heterocycles. The van der Waals surface area contributed by atoms with Gasteiger partial charge >= 0.3 is 120 Å². The fraction of sp³-hybridized carbons (Fsp3) is 0.900. The van der Waals surface area contributed by atoms with Crippen LogP contribution in [0.4, 0.5) is 176 Å². The molecule has 380 valence electrons. The van der Waals surface area contributed by atoms with Gasteiger partial charge < -0.3 is 9.47 Å². The van der Waals surface area contributed by atoms with Gasteiger partial charge in [-0.1, -0.05) is 10.2 Å². The summed E-state index contributed by atoms with van der Waals surface area (Å²) in [5.41, 5.74) is 0. The van der Waals surface area contributed by atoms with Crippen molar-refractivity contribution in [3.63, 3.8) is 0 Å². The number of carbonyl (C=O) groups is 2. The molecule has 6 nitrogen and oxygen atoms in total. The minimum absolute atomic E-state index is 0.663. The molecular formula is C20F38N2O4. The van der Waals surface area contributed by atoms with E-state index in [1.807, 2.05) is 0 Å². The number of hydrogen-bond donors (Lipinski definition) is 0. The zero-order chi connectivity index (χ0) is 53.0. The number of rotatable bonds is 16. The van der Waals surface area contributed by atoms with Gasteiger partial charge in [0.2, 0.25) is 0 Å². The first-order valence-electron chi connectivity index (χ1n) is 13.1. The van der Waals surface area contributed by atoms with E-state index < -0.39 is 120 Å². The van der Waals surface area contributed by atoms with Crippen molar-refractivity contribution in [1.29, 1.82) is 0 Å². The first kappa shape index (κ1) is 59.9. The lowest BCUT2D eigenvalue weighted by Crippen LogP contribution is -2.76. The average molecular weight is 1050 g/mol. The van der Waals surface area contributed by atoms with Crippen LogP contribution in [0.2, 0.25) is 0 Å². The Morgan fingerprint density at radius 1 is 0.219 bits per heavy atom. The second-order valence-electron chi connectivity index (χ2n) is 11.0. The van der Waals surface area contributed by atoms with Gasteiger partial charge in [-0.15, -0.1) is 0 Å². The van der Waals surface area contributed by atoms with E-state index in [1.54, 1.807) is 9.47 Å². The SMILES string of the molecule is O=C(N=NC(=O)OC(F)(F)C(F)(F)C(F)(F)C(F)(F)C(F)(F)C(F)(F)C(F)(F)C(F)(F)C(F)(F)F)OC(F)(F)C(F)(F)C(F)(F)C(F)(F)C(F)(F)C(F)(F)C(F)(F)C(F)(F)C(F)(F)F. The molecule has 0 aliphatic rings. The van der Waals surface area contributed by atoms with Crippen molar-refractivity contribution < 1.29 is 186 Å². The summed E-state index contributed by atoms with van der Waals surface area (Å²) < 4.78 is 506. The number of alkyl halides is 38. The smallest absolute Gasteiger partial charge is 0.376 e. The Morgan fingerprint density at radius 3 is 0.484 bits per heavy atom. The summed E-state index contributed by atoms with van der Waals surface area (Å²) in [5, 5.41) is 1.33. The number of nitrogens with zero attached hydrogens (tertiary/aromatic N) is 2. The number of ether oxygens (including phenoxy) is 2. The highest BCUT2D eigenvalue weighted by Crippen LogP contribution is 2.67. The molecule has 0 saturated carbocycles. The number of carbonyl (C=O) groups excluding carboxylic acids is 2. The number of hydrogen-bond acceptors (Lipinski definition) is 4. The third kappa shape index (κ3) is 7.81. The van der Waals surface area contributed by atoms with Crippen LogP contribution in [-0.4, -0.2) is 120 Å². The van der Waals surface area contributed by atoms with Crippen LogP contribution >= 0.6 is 0 Å². The van der Waals surface area contributed by atoms with Crippen molar-refractivity contribution in [3.05, 3.63) is 0 Å². The van der Waals surface area contributed by atoms with Crippen LogP contribution in [0.3, 0.4) is 0 Å². The van der Waals surface area contributed by atoms with E-state index in [4.69, 9.17) is 0 Å². The van der Waals surface area contributed by atoms with Gasteiger partial charge in [0.15, 0.2) is 0 Å². The topological polar surface area (TPSA) is 77.3 Å². The van der Waals surface area contributed by atoms with Crippen LogP contribution in [0.15, 0.2) is 10.2 Å². The summed E-state index contributed by atoms with van der Waals surface area (Å²) >= 11 is 0. The molecule has 0 aromatic carbocycles. The lowest BCUT2D eigenvalue weighted by atomic mass is 9.88. The molecule has 0 rings (SSSR count). The normalized spacial score (nSPS) is 16.7. The molecule has 0 aromatic rings. The van der Waals surface area contributed by atoms with Crippen LogP contribution < -0.4 is 0 Å². The maximum Gasteiger partial charge on any atom is 0.474 e. The van der Waals surface area contributed by atoms with Crippen molar-refractivity contribution in [2.45, 2.75) is 107 Å². The van der Waals surface area contributed by atoms with Crippen LogP contribution in [0.5, 0.6) is 0 Å². The Kier molecular flexibility index (Phi) is 14.2. The van der Waals surface area contributed by atoms with E-state index in [-0.39, 0.29) is 0 Å². The third-order valence-corrected chi connectivity index (χ3v) is 6.82. The minimum atomic E-state index is -9.58. The summed E-state index contributed by atoms with van der Waals surface area (Å²) in [6, 6.07) is 0. The van der Waals surface area contributed by atoms with Gasteiger partial charge in [-0.3, -0.25) is 0 Å². The molecule has 0 heterocycles. The summed E-state index contributed by atoms with van der Waals surface area (Å²) in [4.78, 5) is 21.9. The van der Waals surface area contributed by atoms with Crippen molar-refractivity contribution in [2.75, 3.05) is 0 Å². The second kappa shape index (κ2) is 15.2. The summed E-state index contributed by atoms with van der Waals surface area (Å²) in [7, 11) is 0. The molecule has 0 radical (unpaired) electrons. The van der Waals surface area contributed by atoms with Gasteiger partial charge in [0.25, 0.3) is 0 Å². The van der Waals surface area contributed by atoms with Crippen LogP contribution in [0.1, 0.15) is 0 Å². The Labute approximate surface area is 317 Å². The molecular weight excluding hydrogens is 1050 g/mol. The molecule has 0 N–H and O–H groups in total. The van der Waals surface area contributed by atoms with Crippen LogP contribution in [0, 0.1) is 0 Å². The maximum absolute atomic E-state index is 13.7. The summed E-state index contributed by atoms with van der Waals surface area (Å²) in [5.74, 6) is -130. The van der Waals surface area contributed by atoms with E-state index >= 15 is 0 Å². The fourth-order valence-corrected chi connectivity index (χ4v) is 3.16. The Bertz CT molecular complexity index is 1640. The van der Waals surface area contributed by atoms with E-state index in [0.717, 1.165) is 0 Å². The highest BCUT2D eigenvalue weighted by atomic mass is 19.5. The van der Waals surface area contributed by atoms with E-state index in [1.165, 1.54) is 0 Å². The molecule has 0 saturated heterocycles. The Morgan fingerprint density at radius 2 is 0.344 bits per heavy atom. The number of azo groups is 1. The molecule has 0 atom stereocenters. The van der Waals surface area contributed by atoms with Gasteiger partial charge in [-0.05, 0) is 0 Å². The van der Waals surface area contributed by atoms with Crippen molar-refractivity contribution in [1.82, 2.24) is 0 Å². The first-order valence-corrected chi connectivity index (χ1v) is 13.1. The second-order valence-corrected chi connectivity index (χ2v) is 11.0. The summed E-state index contributed by atoms with van der Waals surface area (Å²) in [6.45, 7) is 0. The maximum atomic E-state index is 13.7. The monoisotopic (exact) mass is 1050 g/mol. The van der Waals surface area contributed by atoms with Crippen LogP contribution in [-0.2, 0) is 9.47 Å². The predicted octanol–water partition coefficient (Wildman–Crippen LogP) is 12.9. The quantitative estimate of drug-likeness (QED) is 0.114. The van der Waals surface area contributed by atoms with Crippen molar-refractivity contribution in [3.8, 4) is 0 Å². The Balaban J connectivity index is 6.84. The molecule has 0 spiro atoms. The third-order valence-electron chi connectivity index (χ3n) is 6.82. The number of amides is 2. The minimum Gasteiger partial charge on any atom is -0.376 e. The largest absolute Gasteiger partial charge is 0.474 e. The fourth-order valence-electron chi connectivity index (χ4n) is 3.16. The zero-order valence-electron chi connectivity index (χ0n) is 26.9. The molecule has 0 aliphatic heterocycles. The van der Waals surface area contributed by atoms with Gasteiger partial charge in [0.05, 0.1) is 0 Å². The predicted molar refractivity (Wildman–Crippen MR) is 109 cm³/mol. The van der Waals surface area contributed by atoms with Crippen LogP contribution in [0.25, 0.3) is 0 Å². The molecule has 0 fully saturated rings. The molecule has 0 aliphatic carbocycles. The standard InChI is InChI=1S/C20F38N2O4/c21-3(22,5(25,26)9(33,34)13(41,42)17(49,50)51)7(29,30)11(37,38)15(45,46)19(55,56)63-1(61)59-60-2(62)64-20(57,58)16(47,48)12(39,40)8(31,32)4(23,24)6(27,28)10(35,36)14(43,44)18(52,53)54.